The number of anilines is 1. The predicted octanol–water partition coefficient (Wildman–Crippen LogP) is 2.85. The fourth-order valence-corrected chi connectivity index (χ4v) is 3.03. The first-order chi connectivity index (χ1) is 14.2. The topological polar surface area (TPSA) is 94.1 Å². The third-order valence-electron chi connectivity index (χ3n) is 4.55. The van der Waals surface area contributed by atoms with Gasteiger partial charge in [-0.2, -0.15) is 4.98 Å². The van der Waals surface area contributed by atoms with Gasteiger partial charge in [0.25, 0.3) is 0 Å². The first-order valence-corrected chi connectivity index (χ1v) is 9.28. The smallest absolute Gasteiger partial charge is 0.246 e. The molecule has 150 valence electrons. The van der Waals surface area contributed by atoms with Crippen molar-refractivity contribution in [3.05, 3.63) is 49.1 Å². The monoisotopic (exact) mass is 396 g/mol. The van der Waals surface area contributed by atoms with Gasteiger partial charge in [-0.25, -0.2) is 19.3 Å². The average Bonchev–Trinajstić information content (AvgIpc) is 3.19. The predicted molar refractivity (Wildman–Crippen MR) is 106 cm³/mol. The van der Waals surface area contributed by atoms with Crippen LogP contribution < -0.4 is 20.1 Å². The highest BCUT2D eigenvalue weighted by Crippen LogP contribution is 2.30. The highest BCUT2D eigenvalue weighted by molar-refractivity contribution is 5.58. The minimum atomic E-state index is -0.812. The number of methoxy groups -OCH3 is 1. The molecule has 0 unspecified atom stereocenters. The van der Waals surface area contributed by atoms with Crippen LogP contribution in [0.4, 0.5) is 10.1 Å². The standard InChI is InChI=1S/C20H21FN6O2/c1-28-15-2-4-16(5-3-15)29-20-18(24-10-14-8-13(21)9-23-14)11-25-19(27-20)17-6-7-22-12-26-17/h2-7,11-14,23-24H,8-10H2,1H3/t13-,14-/m0/s1. The van der Waals surface area contributed by atoms with Crippen molar-refractivity contribution in [2.45, 2.75) is 18.6 Å². The molecule has 1 fully saturated rings. The Morgan fingerprint density at radius 3 is 2.69 bits per heavy atom. The maximum atomic E-state index is 13.4. The second kappa shape index (κ2) is 8.78. The fourth-order valence-electron chi connectivity index (χ4n) is 3.03. The number of rotatable bonds is 7. The number of ether oxygens (including phenoxy) is 2. The molecule has 2 N–H and O–H groups in total. The molecule has 1 aliphatic heterocycles. The number of hydrogen-bond donors (Lipinski definition) is 2. The molecular formula is C20H21FN6O2. The van der Waals surface area contributed by atoms with Crippen molar-refractivity contribution in [3.8, 4) is 28.9 Å². The van der Waals surface area contributed by atoms with Crippen LogP contribution in [0.2, 0.25) is 0 Å². The number of alkyl halides is 1. The second-order valence-corrected chi connectivity index (χ2v) is 6.60. The van der Waals surface area contributed by atoms with Crippen LogP contribution >= 0.6 is 0 Å². The van der Waals surface area contributed by atoms with Crippen LogP contribution in [0.3, 0.4) is 0 Å². The number of nitrogens with zero attached hydrogens (tertiary/aromatic N) is 4. The lowest BCUT2D eigenvalue weighted by atomic mass is 10.2. The van der Waals surface area contributed by atoms with Gasteiger partial charge < -0.3 is 20.1 Å². The number of nitrogens with one attached hydrogen (secondary N) is 2. The van der Waals surface area contributed by atoms with Crippen LogP contribution in [-0.4, -0.2) is 52.3 Å². The molecule has 0 saturated carbocycles. The van der Waals surface area contributed by atoms with E-state index < -0.39 is 6.17 Å². The molecular weight excluding hydrogens is 375 g/mol. The van der Waals surface area contributed by atoms with Crippen molar-refractivity contribution >= 4 is 5.69 Å². The zero-order valence-corrected chi connectivity index (χ0v) is 15.9. The Balaban J connectivity index is 1.58. The Hall–Kier alpha value is -3.33. The van der Waals surface area contributed by atoms with E-state index in [2.05, 4.69) is 30.6 Å². The zero-order valence-electron chi connectivity index (χ0n) is 15.9. The minimum Gasteiger partial charge on any atom is -0.497 e. The number of aromatic nitrogens is 4. The van der Waals surface area contributed by atoms with Gasteiger partial charge >= 0.3 is 0 Å². The zero-order chi connectivity index (χ0) is 20.1. The normalized spacial score (nSPS) is 18.4. The van der Waals surface area contributed by atoms with Gasteiger partial charge in [-0.1, -0.05) is 0 Å². The highest BCUT2D eigenvalue weighted by Gasteiger charge is 2.23. The number of hydrogen-bond acceptors (Lipinski definition) is 8. The molecule has 2 aromatic heterocycles. The summed E-state index contributed by atoms with van der Waals surface area (Å²) >= 11 is 0. The summed E-state index contributed by atoms with van der Waals surface area (Å²) in [5.41, 5.74) is 1.20. The third kappa shape index (κ3) is 4.75. The molecule has 3 heterocycles. The van der Waals surface area contributed by atoms with Crippen molar-refractivity contribution in [1.29, 1.82) is 0 Å². The largest absolute Gasteiger partial charge is 0.497 e. The summed E-state index contributed by atoms with van der Waals surface area (Å²) in [6.45, 7) is 0.917. The van der Waals surface area contributed by atoms with Gasteiger partial charge in [-0.05, 0) is 36.8 Å². The molecule has 2 atom stereocenters. The van der Waals surface area contributed by atoms with Crippen molar-refractivity contribution in [2.24, 2.45) is 0 Å². The lowest BCUT2D eigenvalue weighted by Crippen LogP contribution is -2.29. The first-order valence-electron chi connectivity index (χ1n) is 9.28. The van der Waals surface area contributed by atoms with Crippen molar-refractivity contribution in [2.75, 3.05) is 25.5 Å². The van der Waals surface area contributed by atoms with Crippen LogP contribution in [0.5, 0.6) is 17.4 Å². The van der Waals surface area contributed by atoms with Gasteiger partial charge in [-0.15, -0.1) is 0 Å². The van der Waals surface area contributed by atoms with Gasteiger partial charge in [0.15, 0.2) is 5.82 Å². The quantitative estimate of drug-likeness (QED) is 0.630. The molecule has 0 radical (unpaired) electrons. The van der Waals surface area contributed by atoms with E-state index in [9.17, 15) is 4.39 Å². The second-order valence-electron chi connectivity index (χ2n) is 6.60. The summed E-state index contributed by atoms with van der Waals surface area (Å²) in [5.74, 6) is 2.11. The lowest BCUT2D eigenvalue weighted by Gasteiger charge is -2.15. The Labute approximate surface area is 167 Å². The molecule has 0 spiro atoms. The van der Waals surface area contributed by atoms with Gasteiger partial charge in [0.2, 0.25) is 5.88 Å². The van der Waals surface area contributed by atoms with E-state index in [1.165, 1.54) is 6.33 Å². The Bertz CT molecular complexity index is 941. The van der Waals surface area contributed by atoms with Crippen molar-refractivity contribution < 1.29 is 13.9 Å². The maximum Gasteiger partial charge on any atom is 0.246 e. The molecule has 9 heteroatoms. The first kappa shape index (κ1) is 19.0. The summed E-state index contributed by atoms with van der Waals surface area (Å²) in [7, 11) is 1.61. The summed E-state index contributed by atoms with van der Waals surface area (Å²) in [4.78, 5) is 17.0. The number of halogens is 1. The Kier molecular flexibility index (Phi) is 5.76. The molecule has 3 aromatic rings. The van der Waals surface area contributed by atoms with E-state index in [1.54, 1.807) is 49.8 Å². The van der Waals surface area contributed by atoms with E-state index in [0.717, 1.165) is 5.75 Å². The van der Waals surface area contributed by atoms with E-state index in [1.807, 2.05) is 0 Å². The maximum absolute atomic E-state index is 13.4. The molecule has 1 aromatic carbocycles. The molecule has 8 nitrogen and oxygen atoms in total. The van der Waals surface area contributed by atoms with Gasteiger partial charge in [-0.3, -0.25) is 0 Å². The fraction of sp³-hybridized carbons (Fsp3) is 0.300. The van der Waals surface area contributed by atoms with Crippen molar-refractivity contribution in [3.63, 3.8) is 0 Å². The summed E-state index contributed by atoms with van der Waals surface area (Å²) < 4.78 is 24.6. The Morgan fingerprint density at radius 2 is 2.00 bits per heavy atom. The van der Waals surface area contributed by atoms with E-state index >= 15 is 0 Å². The van der Waals surface area contributed by atoms with E-state index in [-0.39, 0.29) is 6.04 Å². The molecule has 0 aliphatic carbocycles. The van der Waals surface area contributed by atoms with Gasteiger partial charge in [0.05, 0.1) is 13.3 Å². The Morgan fingerprint density at radius 1 is 1.17 bits per heavy atom. The summed E-state index contributed by atoms with van der Waals surface area (Å²) in [6, 6.07) is 8.96. The summed E-state index contributed by atoms with van der Waals surface area (Å²) in [6.07, 6.45) is 4.37. The van der Waals surface area contributed by atoms with Crippen LogP contribution in [0, 0.1) is 0 Å². The molecule has 0 amide bonds. The lowest BCUT2D eigenvalue weighted by molar-refractivity contribution is 0.356. The molecule has 0 bridgehead atoms. The number of benzene rings is 1. The van der Waals surface area contributed by atoms with Crippen LogP contribution in [0.1, 0.15) is 6.42 Å². The highest BCUT2D eigenvalue weighted by atomic mass is 19.1. The van der Waals surface area contributed by atoms with E-state index in [0.29, 0.717) is 48.3 Å². The molecule has 4 rings (SSSR count). The van der Waals surface area contributed by atoms with E-state index in [4.69, 9.17) is 9.47 Å². The van der Waals surface area contributed by atoms with Gasteiger partial charge in [0.1, 0.15) is 35.4 Å². The average molecular weight is 396 g/mol. The molecule has 1 saturated heterocycles. The van der Waals surface area contributed by atoms with Crippen LogP contribution in [0.25, 0.3) is 11.5 Å². The SMILES string of the molecule is COc1ccc(Oc2nc(-c3ccncn3)ncc2NC[C@@H]2C[C@H](F)CN2)cc1. The van der Waals surface area contributed by atoms with Crippen molar-refractivity contribution in [1.82, 2.24) is 25.3 Å². The minimum absolute atomic E-state index is 0.0420. The summed E-state index contributed by atoms with van der Waals surface area (Å²) in [5, 5.41) is 6.41. The van der Waals surface area contributed by atoms with Crippen LogP contribution in [0.15, 0.2) is 49.1 Å². The molecule has 29 heavy (non-hydrogen) atoms. The molecule has 1 aliphatic rings. The van der Waals surface area contributed by atoms with Gasteiger partial charge in [0, 0.05) is 25.3 Å². The third-order valence-corrected chi connectivity index (χ3v) is 4.55. The van der Waals surface area contributed by atoms with Crippen LogP contribution in [-0.2, 0) is 0 Å².